The van der Waals surface area contributed by atoms with Gasteiger partial charge in [0, 0.05) is 45.7 Å². The van der Waals surface area contributed by atoms with Crippen LogP contribution >= 0.6 is 0 Å². The molecule has 2 rings (SSSR count). The van der Waals surface area contributed by atoms with Crippen LogP contribution in [-0.4, -0.2) is 53.3 Å². The van der Waals surface area contributed by atoms with Gasteiger partial charge in [0.25, 0.3) is 0 Å². The van der Waals surface area contributed by atoms with Gasteiger partial charge >= 0.3 is 6.03 Å². The molecule has 1 atom stereocenters. The van der Waals surface area contributed by atoms with Gasteiger partial charge in [-0.3, -0.25) is 0 Å². The van der Waals surface area contributed by atoms with E-state index >= 15 is 0 Å². The van der Waals surface area contributed by atoms with Crippen LogP contribution in [0.3, 0.4) is 0 Å². The Labute approximate surface area is 120 Å². The zero-order valence-corrected chi connectivity index (χ0v) is 12.3. The molecule has 0 saturated carbocycles. The first-order valence-corrected chi connectivity index (χ1v) is 7.25. The normalized spacial score (nSPS) is 18.8. The van der Waals surface area contributed by atoms with Crippen molar-refractivity contribution in [1.82, 2.24) is 19.8 Å². The molecule has 1 N–H and O–H groups in total. The topological polar surface area (TPSA) is 59.4 Å². The minimum Gasteiger partial charge on any atom is -0.376 e. The highest BCUT2D eigenvalue weighted by molar-refractivity contribution is 5.73. The molecule has 6 nitrogen and oxygen atoms in total. The van der Waals surface area contributed by atoms with E-state index in [4.69, 9.17) is 4.74 Å². The van der Waals surface area contributed by atoms with Gasteiger partial charge in [0.2, 0.25) is 0 Å². The van der Waals surface area contributed by atoms with Gasteiger partial charge in [0.05, 0.1) is 6.10 Å². The van der Waals surface area contributed by atoms with Crippen molar-refractivity contribution in [3.05, 3.63) is 18.2 Å². The Morgan fingerprint density at radius 3 is 3.10 bits per heavy atom. The quantitative estimate of drug-likeness (QED) is 0.887. The average Bonchev–Trinajstić information content (AvgIpc) is 2.85. The molecule has 1 aliphatic rings. The van der Waals surface area contributed by atoms with Crippen molar-refractivity contribution in [3.63, 3.8) is 0 Å². The van der Waals surface area contributed by atoms with Crippen molar-refractivity contribution in [1.29, 1.82) is 0 Å². The molecule has 0 aliphatic carbocycles. The number of carbonyl (C=O) groups excluding carboxylic acids is 1. The second-order valence-corrected chi connectivity index (χ2v) is 5.27. The van der Waals surface area contributed by atoms with Gasteiger partial charge in [-0.2, -0.15) is 0 Å². The number of carbonyl (C=O) groups is 1. The molecule has 2 amide bonds. The Morgan fingerprint density at radius 1 is 1.60 bits per heavy atom. The summed E-state index contributed by atoms with van der Waals surface area (Å²) < 4.78 is 7.66. The summed E-state index contributed by atoms with van der Waals surface area (Å²) in [5, 5.41) is 2.92. The number of urea groups is 1. The van der Waals surface area contributed by atoms with E-state index in [1.54, 1.807) is 11.1 Å². The molecule has 6 heteroatoms. The first-order chi connectivity index (χ1) is 9.66. The zero-order chi connectivity index (χ0) is 14.4. The van der Waals surface area contributed by atoms with E-state index in [0.29, 0.717) is 13.1 Å². The maximum Gasteiger partial charge on any atom is 0.317 e. The Balaban J connectivity index is 1.67. The second kappa shape index (κ2) is 7.28. The highest BCUT2D eigenvalue weighted by atomic mass is 16.5. The molecule has 1 fully saturated rings. The molecule has 0 radical (unpaired) electrons. The van der Waals surface area contributed by atoms with Crippen LogP contribution < -0.4 is 5.32 Å². The lowest BCUT2D eigenvalue weighted by Gasteiger charge is -2.27. The molecule has 0 unspecified atom stereocenters. The summed E-state index contributed by atoms with van der Waals surface area (Å²) in [4.78, 5) is 17.8. The van der Waals surface area contributed by atoms with Crippen LogP contribution in [0.5, 0.6) is 0 Å². The number of nitrogens with one attached hydrogen (secondary N) is 1. The number of aromatic nitrogens is 2. The van der Waals surface area contributed by atoms with Crippen LogP contribution in [0, 0.1) is 6.92 Å². The van der Waals surface area contributed by atoms with E-state index in [2.05, 4.69) is 10.3 Å². The van der Waals surface area contributed by atoms with Crippen molar-refractivity contribution < 1.29 is 9.53 Å². The Kier molecular flexibility index (Phi) is 5.40. The van der Waals surface area contributed by atoms with Crippen LogP contribution in [-0.2, 0) is 11.3 Å². The summed E-state index contributed by atoms with van der Waals surface area (Å²) in [7, 11) is 1.82. The highest BCUT2D eigenvalue weighted by Crippen LogP contribution is 2.13. The van der Waals surface area contributed by atoms with Gasteiger partial charge in [-0.1, -0.05) is 0 Å². The number of hydrogen-bond acceptors (Lipinski definition) is 3. The second-order valence-electron chi connectivity index (χ2n) is 5.27. The number of rotatable bonds is 5. The minimum absolute atomic E-state index is 0.0445. The first-order valence-electron chi connectivity index (χ1n) is 7.25. The van der Waals surface area contributed by atoms with E-state index in [-0.39, 0.29) is 12.1 Å². The first kappa shape index (κ1) is 14.8. The summed E-state index contributed by atoms with van der Waals surface area (Å²) in [6, 6.07) is -0.0445. The molecular formula is C14H24N4O2. The van der Waals surface area contributed by atoms with Gasteiger partial charge in [-0.25, -0.2) is 9.78 Å². The number of hydrogen-bond donors (Lipinski definition) is 1. The van der Waals surface area contributed by atoms with Gasteiger partial charge < -0.3 is 19.5 Å². The lowest BCUT2D eigenvalue weighted by molar-refractivity contribution is 0.00387. The maximum absolute atomic E-state index is 12.0. The predicted molar refractivity (Wildman–Crippen MR) is 76.6 cm³/mol. The zero-order valence-electron chi connectivity index (χ0n) is 12.3. The Bertz CT molecular complexity index is 427. The van der Waals surface area contributed by atoms with Crippen molar-refractivity contribution in [3.8, 4) is 0 Å². The maximum atomic E-state index is 12.0. The van der Waals surface area contributed by atoms with Gasteiger partial charge in [-0.05, 0) is 26.2 Å². The molecule has 1 aliphatic heterocycles. The number of nitrogens with zero attached hydrogens (tertiary/aromatic N) is 3. The molecular weight excluding hydrogens is 256 g/mol. The summed E-state index contributed by atoms with van der Waals surface area (Å²) in [6.07, 6.45) is 7.25. The molecule has 1 aromatic heterocycles. The van der Waals surface area contributed by atoms with Gasteiger partial charge in [0.15, 0.2) is 0 Å². The van der Waals surface area contributed by atoms with E-state index in [9.17, 15) is 4.79 Å². The fraction of sp³-hybridized carbons (Fsp3) is 0.714. The summed E-state index contributed by atoms with van der Waals surface area (Å²) >= 11 is 0. The fourth-order valence-corrected chi connectivity index (χ4v) is 2.40. The minimum atomic E-state index is -0.0445. The van der Waals surface area contributed by atoms with E-state index in [0.717, 1.165) is 31.8 Å². The third kappa shape index (κ3) is 4.23. The molecule has 0 bridgehead atoms. The standard InChI is InChI=1S/C14H24N4O2/c1-12-15-6-8-18(12)9-7-16-14(19)17(2)11-13-5-3-4-10-20-13/h6,8,13H,3-5,7,9-11H2,1-2H3,(H,16,19)/t13-/m1/s1. The van der Waals surface area contributed by atoms with Crippen molar-refractivity contribution in [2.24, 2.45) is 0 Å². The monoisotopic (exact) mass is 280 g/mol. The van der Waals surface area contributed by atoms with E-state index in [1.165, 1.54) is 6.42 Å². The third-order valence-corrected chi connectivity index (χ3v) is 3.65. The molecule has 112 valence electrons. The molecule has 1 saturated heterocycles. The Hall–Kier alpha value is -1.56. The lowest BCUT2D eigenvalue weighted by atomic mass is 10.1. The predicted octanol–water partition coefficient (Wildman–Crippen LogP) is 1.40. The van der Waals surface area contributed by atoms with Crippen LogP contribution in [0.25, 0.3) is 0 Å². The summed E-state index contributed by atoms with van der Waals surface area (Å²) in [5.74, 6) is 0.961. The van der Waals surface area contributed by atoms with Crippen LogP contribution in [0.2, 0.25) is 0 Å². The van der Waals surface area contributed by atoms with Crippen molar-refractivity contribution in [2.75, 3.05) is 26.7 Å². The molecule has 0 spiro atoms. The van der Waals surface area contributed by atoms with Crippen molar-refractivity contribution >= 4 is 6.03 Å². The van der Waals surface area contributed by atoms with E-state index < -0.39 is 0 Å². The van der Waals surface area contributed by atoms with Crippen LogP contribution in [0.1, 0.15) is 25.1 Å². The van der Waals surface area contributed by atoms with Gasteiger partial charge in [0.1, 0.15) is 5.82 Å². The average molecular weight is 280 g/mol. The van der Waals surface area contributed by atoms with E-state index in [1.807, 2.05) is 24.7 Å². The number of likely N-dealkylation sites (N-methyl/N-ethyl adjacent to an activating group) is 1. The fourth-order valence-electron chi connectivity index (χ4n) is 2.40. The van der Waals surface area contributed by atoms with Crippen LogP contribution in [0.4, 0.5) is 4.79 Å². The van der Waals surface area contributed by atoms with Crippen molar-refractivity contribution in [2.45, 2.75) is 38.8 Å². The molecule has 1 aromatic rings. The number of aryl methyl sites for hydroxylation is 1. The lowest BCUT2D eigenvalue weighted by Crippen LogP contribution is -2.43. The van der Waals surface area contributed by atoms with Gasteiger partial charge in [-0.15, -0.1) is 0 Å². The van der Waals surface area contributed by atoms with Crippen LogP contribution in [0.15, 0.2) is 12.4 Å². The molecule has 2 heterocycles. The summed E-state index contributed by atoms with van der Waals surface area (Å²) in [6.45, 7) is 4.78. The summed E-state index contributed by atoms with van der Waals surface area (Å²) in [5.41, 5.74) is 0. The number of ether oxygens (including phenoxy) is 1. The number of imidazole rings is 1. The smallest absolute Gasteiger partial charge is 0.317 e. The SMILES string of the molecule is Cc1nccn1CCNC(=O)N(C)C[C@H]1CCCCO1. The Morgan fingerprint density at radius 2 is 2.45 bits per heavy atom. The highest BCUT2D eigenvalue weighted by Gasteiger charge is 2.18. The molecule has 0 aromatic carbocycles. The molecule has 20 heavy (non-hydrogen) atoms. The largest absolute Gasteiger partial charge is 0.376 e. The third-order valence-electron chi connectivity index (χ3n) is 3.65. The number of amides is 2.